The summed E-state index contributed by atoms with van der Waals surface area (Å²) in [4.78, 5) is 10.8. The largest absolute Gasteiger partial charge is 0.463 e. The van der Waals surface area contributed by atoms with Crippen LogP contribution in [0.3, 0.4) is 0 Å². The molecule has 70 valence electrons. The van der Waals surface area contributed by atoms with Gasteiger partial charge in [0, 0.05) is 0 Å². The summed E-state index contributed by atoms with van der Waals surface area (Å²) in [6.07, 6.45) is -3.33. The fourth-order valence-corrected chi connectivity index (χ4v) is 0.567. The number of esters is 1. The van der Waals surface area contributed by atoms with E-state index in [-0.39, 0.29) is 6.10 Å². The predicted octanol–water partition coefficient (Wildman–Crippen LogP) is 2.15. The average molecular weight is 178 g/mol. The van der Waals surface area contributed by atoms with Gasteiger partial charge in [0.2, 0.25) is 0 Å². The van der Waals surface area contributed by atoms with Crippen LogP contribution < -0.4 is 0 Å². The molecule has 0 aliphatic rings. The van der Waals surface area contributed by atoms with Crippen LogP contribution in [0, 0.1) is 0 Å². The molecule has 4 heteroatoms. The lowest BCUT2D eigenvalue weighted by molar-refractivity contribution is -0.146. The molecule has 0 aliphatic carbocycles. The number of carbonyl (C=O) groups excluding carboxylic acids is 1. The van der Waals surface area contributed by atoms with Gasteiger partial charge in [0.1, 0.15) is 0 Å². The van der Waals surface area contributed by atoms with E-state index in [0.29, 0.717) is 0 Å². The van der Waals surface area contributed by atoms with E-state index in [1.54, 1.807) is 13.8 Å². The number of ether oxygens (including phenoxy) is 1. The lowest BCUT2D eigenvalue weighted by Crippen LogP contribution is -2.13. The fraction of sp³-hybridized carbons (Fsp3) is 0.625. The molecule has 0 aromatic rings. The summed E-state index contributed by atoms with van der Waals surface area (Å²) in [5, 5.41) is 0. The monoisotopic (exact) mass is 178 g/mol. The zero-order valence-corrected chi connectivity index (χ0v) is 7.14. The Morgan fingerprint density at radius 2 is 2.00 bits per heavy atom. The Hall–Kier alpha value is -0.930. The van der Waals surface area contributed by atoms with Crippen molar-refractivity contribution in [3.05, 3.63) is 12.2 Å². The Labute approximate surface area is 70.2 Å². The SMILES string of the molecule is C=C(CC(=O)OC(C)C)C(F)F. The van der Waals surface area contributed by atoms with Crippen molar-refractivity contribution in [2.24, 2.45) is 0 Å². The summed E-state index contributed by atoms with van der Waals surface area (Å²) in [5.74, 6) is -0.657. The van der Waals surface area contributed by atoms with Crippen molar-refractivity contribution in [2.75, 3.05) is 0 Å². The van der Waals surface area contributed by atoms with E-state index in [1.807, 2.05) is 0 Å². The Morgan fingerprint density at radius 1 is 1.50 bits per heavy atom. The zero-order chi connectivity index (χ0) is 9.72. The minimum atomic E-state index is -2.65. The molecule has 2 nitrogen and oxygen atoms in total. The second kappa shape index (κ2) is 4.85. The highest BCUT2D eigenvalue weighted by atomic mass is 19.3. The Balaban J connectivity index is 3.77. The van der Waals surface area contributed by atoms with Crippen LogP contribution in [0.15, 0.2) is 12.2 Å². The molecule has 0 aliphatic heterocycles. The summed E-state index contributed by atoms with van der Waals surface area (Å²) >= 11 is 0. The van der Waals surface area contributed by atoms with Crippen molar-refractivity contribution in [2.45, 2.75) is 32.8 Å². The van der Waals surface area contributed by atoms with Gasteiger partial charge in [-0.25, -0.2) is 8.78 Å². The van der Waals surface area contributed by atoms with Crippen LogP contribution in [0.4, 0.5) is 8.78 Å². The van der Waals surface area contributed by atoms with Gasteiger partial charge in [-0.2, -0.15) is 0 Å². The summed E-state index contributed by atoms with van der Waals surface area (Å²) in [6.45, 7) is 6.36. The molecule has 0 aromatic heterocycles. The van der Waals surface area contributed by atoms with E-state index in [9.17, 15) is 13.6 Å². The van der Waals surface area contributed by atoms with Crippen molar-refractivity contribution < 1.29 is 18.3 Å². The third-order valence-corrected chi connectivity index (χ3v) is 1.05. The van der Waals surface area contributed by atoms with Crippen LogP contribution in [0.2, 0.25) is 0 Å². The van der Waals surface area contributed by atoms with Gasteiger partial charge in [-0.05, 0) is 19.4 Å². The minimum Gasteiger partial charge on any atom is -0.463 e. The van der Waals surface area contributed by atoms with Gasteiger partial charge in [-0.15, -0.1) is 0 Å². The normalized spacial score (nSPS) is 10.5. The number of rotatable bonds is 4. The lowest BCUT2D eigenvalue weighted by atomic mass is 10.2. The molecule has 0 N–H and O–H groups in total. The van der Waals surface area contributed by atoms with Crippen molar-refractivity contribution in [3.8, 4) is 0 Å². The highest BCUT2D eigenvalue weighted by Gasteiger charge is 2.14. The van der Waals surface area contributed by atoms with Crippen LogP contribution >= 0.6 is 0 Å². The average Bonchev–Trinajstić information content (AvgIpc) is 1.84. The molecule has 0 saturated carbocycles. The van der Waals surface area contributed by atoms with E-state index >= 15 is 0 Å². The van der Waals surface area contributed by atoms with Gasteiger partial charge in [0.15, 0.2) is 0 Å². The van der Waals surface area contributed by atoms with Gasteiger partial charge in [0.25, 0.3) is 6.43 Å². The first-order valence-corrected chi connectivity index (χ1v) is 3.58. The zero-order valence-electron chi connectivity index (χ0n) is 7.14. The number of hydrogen-bond donors (Lipinski definition) is 0. The van der Waals surface area contributed by atoms with Crippen LogP contribution in [0.1, 0.15) is 20.3 Å². The first kappa shape index (κ1) is 11.1. The highest BCUT2D eigenvalue weighted by molar-refractivity contribution is 5.72. The van der Waals surface area contributed by atoms with Gasteiger partial charge in [0.05, 0.1) is 12.5 Å². The molecule has 0 saturated heterocycles. The third kappa shape index (κ3) is 4.82. The second-order valence-corrected chi connectivity index (χ2v) is 2.67. The molecule has 0 aromatic carbocycles. The minimum absolute atomic E-state index is 0.275. The predicted molar refractivity (Wildman–Crippen MR) is 41.0 cm³/mol. The molecule has 0 rings (SSSR count). The first-order chi connectivity index (χ1) is 5.43. The Kier molecular flexibility index (Phi) is 4.47. The van der Waals surface area contributed by atoms with Gasteiger partial charge < -0.3 is 4.74 Å². The van der Waals surface area contributed by atoms with Crippen LogP contribution in [-0.4, -0.2) is 18.5 Å². The lowest BCUT2D eigenvalue weighted by Gasteiger charge is -2.08. The number of alkyl halides is 2. The number of halogens is 2. The summed E-state index contributed by atoms with van der Waals surface area (Å²) in [5.41, 5.74) is -0.402. The first-order valence-electron chi connectivity index (χ1n) is 3.58. The molecule has 0 atom stereocenters. The van der Waals surface area contributed by atoms with Crippen LogP contribution in [-0.2, 0) is 9.53 Å². The van der Waals surface area contributed by atoms with Crippen molar-refractivity contribution in [3.63, 3.8) is 0 Å². The molecule has 0 radical (unpaired) electrons. The summed E-state index contributed by atoms with van der Waals surface area (Å²) in [7, 11) is 0. The number of hydrogen-bond acceptors (Lipinski definition) is 2. The van der Waals surface area contributed by atoms with Crippen LogP contribution in [0.5, 0.6) is 0 Å². The van der Waals surface area contributed by atoms with Gasteiger partial charge >= 0.3 is 5.97 Å². The quantitative estimate of drug-likeness (QED) is 0.487. The maximum Gasteiger partial charge on any atom is 0.310 e. The maximum absolute atomic E-state index is 11.8. The molecule has 0 amide bonds. The molecule has 0 heterocycles. The van der Waals surface area contributed by atoms with Crippen LogP contribution in [0.25, 0.3) is 0 Å². The van der Waals surface area contributed by atoms with E-state index in [2.05, 4.69) is 11.3 Å². The highest BCUT2D eigenvalue weighted by Crippen LogP contribution is 2.11. The van der Waals surface area contributed by atoms with E-state index < -0.39 is 24.4 Å². The van der Waals surface area contributed by atoms with Crippen molar-refractivity contribution >= 4 is 5.97 Å². The Morgan fingerprint density at radius 3 is 2.33 bits per heavy atom. The summed E-state index contributed by atoms with van der Waals surface area (Å²) < 4.78 is 28.3. The standard InChI is InChI=1S/C8H12F2O2/c1-5(2)12-7(11)4-6(3)8(9)10/h5,8H,3-4H2,1-2H3. The Bertz CT molecular complexity index is 176. The van der Waals surface area contributed by atoms with Crippen molar-refractivity contribution in [1.29, 1.82) is 0 Å². The molecule has 12 heavy (non-hydrogen) atoms. The van der Waals surface area contributed by atoms with E-state index in [0.717, 1.165) is 0 Å². The summed E-state index contributed by atoms with van der Waals surface area (Å²) in [6, 6.07) is 0. The van der Waals surface area contributed by atoms with Gasteiger partial charge in [-0.1, -0.05) is 6.58 Å². The molecule has 0 spiro atoms. The van der Waals surface area contributed by atoms with Gasteiger partial charge in [-0.3, -0.25) is 4.79 Å². The second-order valence-electron chi connectivity index (χ2n) is 2.67. The topological polar surface area (TPSA) is 26.3 Å². The molecular formula is C8H12F2O2. The van der Waals surface area contributed by atoms with E-state index in [1.165, 1.54) is 0 Å². The third-order valence-electron chi connectivity index (χ3n) is 1.05. The molecule has 0 unspecified atom stereocenters. The molecule has 0 fully saturated rings. The smallest absolute Gasteiger partial charge is 0.310 e. The maximum atomic E-state index is 11.8. The number of carbonyl (C=O) groups is 1. The fourth-order valence-electron chi connectivity index (χ4n) is 0.567. The molecule has 0 bridgehead atoms. The molecular weight excluding hydrogens is 166 g/mol. The van der Waals surface area contributed by atoms with E-state index in [4.69, 9.17) is 0 Å². The van der Waals surface area contributed by atoms with Crippen molar-refractivity contribution in [1.82, 2.24) is 0 Å².